The summed E-state index contributed by atoms with van der Waals surface area (Å²) >= 11 is 0. The molecule has 0 atom stereocenters. The number of benzene rings is 1. The molecule has 82 valence electrons. The molecule has 16 heavy (non-hydrogen) atoms. The predicted octanol–water partition coefficient (Wildman–Crippen LogP) is 2.57. The summed E-state index contributed by atoms with van der Waals surface area (Å²) in [5.74, 6) is 0.240. The average molecular weight is 217 g/mol. The van der Waals surface area contributed by atoms with Crippen LogP contribution in [0.5, 0.6) is 0 Å². The van der Waals surface area contributed by atoms with Gasteiger partial charge in [-0.15, -0.1) is 0 Å². The van der Waals surface area contributed by atoms with E-state index >= 15 is 0 Å². The normalized spacial score (nSPS) is 10.1. The van der Waals surface area contributed by atoms with Crippen molar-refractivity contribution < 1.29 is 4.39 Å². The van der Waals surface area contributed by atoms with Crippen molar-refractivity contribution in [1.29, 1.82) is 0 Å². The number of nitrogens with zero attached hydrogens (tertiary/aromatic N) is 2. The van der Waals surface area contributed by atoms with Crippen molar-refractivity contribution in [2.24, 2.45) is 0 Å². The standard InChI is InChI=1S/C12H12FN3/c1-16(10-4-2-9(13)3-5-10)11-6-7-12(14)15-8-11/h2-8H,1H3,(H2,14,15). The van der Waals surface area contributed by atoms with Gasteiger partial charge in [-0.2, -0.15) is 0 Å². The number of hydrogen-bond donors (Lipinski definition) is 1. The highest BCUT2D eigenvalue weighted by molar-refractivity contribution is 5.62. The fraction of sp³-hybridized carbons (Fsp3) is 0.0833. The van der Waals surface area contributed by atoms with Crippen molar-refractivity contribution in [2.75, 3.05) is 17.7 Å². The SMILES string of the molecule is CN(c1ccc(F)cc1)c1ccc(N)nc1. The smallest absolute Gasteiger partial charge is 0.123 e. The number of nitrogen functional groups attached to an aromatic ring is 1. The van der Waals surface area contributed by atoms with Gasteiger partial charge < -0.3 is 10.6 Å². The van der Waals surface area contributed by atoms with E-state index < -0.39 is 0 Å². The Balaban J connectivity index is 2.28. The Hall–Kier alpha value is -2.10. The summed E-state index contributed by atoms with van der Waals surface area (Å²) in [6.45, 7) is 0. The number of halogens is 1. The van der Waals surface area contributed by atoms with E-state index in [1.54, 1.807) is 24.4 Å². The first-order valence-electron chi connectivity index (χ1n) is 4.87. The second-order valence-electron chi connectivity index (χ2n) is 3.48. The molecule has 0 amide bonds. The van der Waals surface area contributed by atoms with Crippen LogP contribution in [-0.2, 0) is 0 Å². The third-order valence-electron chi connectivity index (χ3n) is 2.37. The summed E-state index contributed by atoms with van der Waals surface area (Å²) in [5, 5.41) is 0. The van der Waals surface area contributed by atoms with Gasteiger partial charge in [-0.3, -0.25) is 0 Å². The first-order chi connectivity index (χ1) is 7.66. The molecule has 0 saturated heterocycles. The summed E-state index contributed by atoms with van der Waals surface area (Å²) in [6.07, 6.45) is 1.68. The van der Waals surface area contributed by atoms with Crippen LogP contribution in [-0.4, -0.2) is 12.0 Å². The Morgan fingerprint density at radius 2 is 1.69 bits per heavy atom. The van der Waals surface area contributed by atoms with Crippen LogP contribution in [0, 0.1) is 5.82 Å². The molecule has 0 fully saturated rings. The van der Waals surface area contributed by atoms with Gasteiger partial charge in [0.15, 0.2) is 0 Å². The second-order valence-corrected chi connectivity index (χ2v) is 3.48. The van der Waals surface area contributed by atoms with Crippen LogP contribution in [0.4, 0.5) is 21.6 Å². The van der Waals surface area contributed by atoms with Gasteiger partial charge in [0.1, 0.15) is 11.6 Å². The van der Waals surface area contributed by atoms with Crippen LogP contribution in [0.2, 0.25) is 0 Å². The quantitative estimate of drug-likeness (QED) is 0.840. The molecule has 0 aliphatic heterocycles. The van der Waals surface area contributed by atoms with Gasteiger partial charge in [0.05, 0.1) is 11.9 Å². The Labute approximate surface area is 93.3 Å². The lowest BCUT2D eigenvalue weighted by molar-refractivity contribution is 0.628. The zero-order valence-electron chi connectivity index (χ0n) is 8.89. The largest absolute Gasteiger partial charge is 0.384 e. The molecule has 0 aliphatic rings. The van der Waals surface area contributed by atoms with Crippen LogP contribution in [0.25, 0.3) is 0 Å². The number of hydrogen-bond acceptors (Lipinski definition) is 3. The van der Waals surface area contributed by atoms with Crippen LogP contribution in [0.1, 0.15) is 0 Å². The molecular weight excluding hydrogens is 205 g/mol. The summed E-state index contributed by atoms with van der Waals surface area (Å²) in [5.41, 5.74) is 7.31. The molecule has 1 aromatic carbocycles. The minimum absolute atomic E-state index is 0.243. The molecule has 0 spiro atoms. The number of pyridine rings is 1. The van der Waals surface area contributed by atoms with Gasteiger partial charge in [-0.25, -0.2) is 9.37 Å². The number of rotatable bonds is 2. The van der Waals surface area contributed by atoms with E-state index in [1.807, 2.05) is 18.0 Å². The van der Waals surface area contributed by atoms with Gasteiger partial charge in [0.2, 0.25) is 0 Å². The predicted molar refractivity (Wildman–Crippen MR) is 63.1 cm³/mol. The summed E-state index contributed by atoms with van der Waals surface area (Å²) in [7, 11) is 1.89. The summed E-state index contributed by atoms with van der Waals surface area (Å²) < 4.78 is 12.8. The Bertz CT molecular complexity index is 419. The fourth-order valence-corrected chi connectivity index (χ4v) is 1.41. The lowest BCUT2D eigenvalue weighted by Crippen LogP contribution is -2.09. The third-order valence-corrected chi connectivity index (χ3v) is 2.37. The first-order valence-corrected chi connectivity index (χ1v) is 4.87. The van der Waals surface area contributed by atoms with Crippen molar-refractivity contribution in [3.05, 3.63) is 48.4 Å². The van der Waals surface area contributed by atoms with Gasteiger partial charge in [-0.05, 0) is 36.4 Å². The maximum atomic E-state index is 12.8. The van der Waals surface area contributed by atoms with E-state index in [0.29, 0.717) is 5.82 Å². The third kappa shape index (κ3) is 2.11. The van der Waals surface area contributed by atoms with E-state index in [0.717, 1.165) is 11.4 Å². The van der Waals surface area contributed by atoms with Crippen LogP contribution < -0.4 is 10.6 Å². The lowest BCUT2D eigenvalue weighted by Gasteiger charge is -2.18. The monoisotopic (exact) mass is 217 g/mol. The highest BCUT2D eigenvalue weighted by atomic mass is 19.1. The van der Waals surface area contributed by atoms with E-state index in [2.05, 4.69) is 4.98 Å². The molecule has 0 radical (unpaired) electrons. The Kier molecular flexibility index (Phi) is 2.72. The molecule has 4 heteroatoms. The van der Waals surface area contributed by atoms with E-state index in [9.17, 15) is 4.39 Å². The van der Waals surface area contributed by atoms with Gasteiger partial charge in [0.25, 0.3) is 0 Å². The number of anilines is 3. The van der Waals surface area contributed by atoms with Crippen molar-refractivity contribution in [1.82, 2.24) is 4.98 Å². The second kappa shape index (κ2) is 4.18. The molecule has 3 nitrogen and oxygen atoms in total. The van der Waals surface area contributed by atoms with Crippen molar-refractivity contribution in [2.45, 2.75) is 0 Å². The maximum absolute atomic E-state index is 12.8. The average Bonchev–Trinajstić information content (AvgIpc) is 2.30. The molecule has 2 aromatic rings. The molecule has 0 saturated carbocycles. The Morgan fingerprint density at radius 1 is 1.06 bits per heavy atom. The zero-order valence-corrected chi connectivity index (χ0v) is 8.89. The van der Waals surface area contributed by atoms with Crippen molar-refractivity contribution in [3.63, 3.8) is 0 Å². The minimum Gasteiger partial charge on any atom is -0.384 e. The van der Waals surface area contributed by atoms with Gasteiger partial charge in [0, 0.05) is 12.7 Å². The molecule has 1 heterocycles. The molecule has 0 aliphatic carbocycles. The summed E-state index contributed by atoms with van der Waals surface area (Å²) in [6, 6.07) is 9.88. The maximum Gasteiger partial charge on any atom is 0.123 e. The van der Waals surface area contributed by atoms with E-state index in [-0.39, 0.29) is 5.82 Å². The van der Waals surface area contributed by atoms with Gasteiger partial charge >= 0.3 is 0 Å². The van der Waals surface area contributed by atoms with Crippen molar-refractivity contribution >= 4 is 17.2 Å². The number of aromatic nitrogens is 1. The molecular formula is C12H12FN3. The lowest BCUT2D eigenvalue weighted by atomic mass is 10.2. The molecule has 0 bridgehead atoms. The molecule has 2 rings (SSSR count). The van der Waals surface area contributed by atoms with E-state index in [1.165, 1.54) is 12.1 Å². The molecule has 0 unspecified atom stereocenters. The minimum atomic E-state index is -0.243. The number of nitrogens with two attached hydrogens (primary N) is 1. The molecule has 1 aromatic heterocycles. The van der Waals surface area contributed by atoms with Crippen molar-refractivity contribution in [3.8, 4) is 0 Å². The van der Waals surface area contributed by atoms with Crippen LogP contribution >= 0.6 is 0 Å². The van der Waals surface area contributed by atoms with Crippen LogP contribution in [0.3, 0.4) is 0 Å². The highest BCUT2D eigenvalue weighted by Crippen LogP contribution is 2.22. The first kappa shape index (κ1) is 10.4. The fourth-order valence-electron chi connectivity index (χ4n) is 1.41. The Morgan fingerprint density at radius 3 is 2.25 bits per heavy atom. The zero-order chi connectivity index (χ0) is 11.5. The highest BCUT2D eigenvalue weighted by Gasteiger charge is 2.03. The van der Waals surface area contributed by atoms with Gasteiger partial charge in [-0.1, -0.05) is 0 Å². The molecule has 2 N–H and O–H groups in total. The van der Waals surface area contributed by atoms with Crippen LogP contribution in [0.15, 0.2) is 42.6 Å². The van der Waals surface area contributed by atoms with E-state index in [4.69, 9.17) is 5.73 Å². The topological polar surface area (TPSA) is 42.1 Å². The summed E-state index contributed by atoms with van der Waals surface area (Å²) in [4.78, 5) is 5.91.